The average Bonchev–Trinajstić information content (AvgIpc) is 2.68. The van der Waals surface area contributed by atoms with Crippen molar-refractivity contribution < 1.29 is 17.9 Å². The molecule has 3 aromatic carbocycles. The summed E-state index contributed by atoms with van der Waals surface area (Å²) in [5.74, 6) is 0.328. The number of hydrogen-bond donors (Lipinski definition) is 1. The Morgan fingerprint density at radius 3 is 1.85 bits per heavy atom. The third-order valence-electron chi connectivity index (χ3n) is 3.69. The summed E-state index contributed by atoms with van der Waals surface area (Å²) in [4.78, 5) is 12.4. The van der Waals surface area contributed by atoms with E-state index in [4.69, 9.17) is 4.74 Å². The van der Waals surface area contributed by atoms with Crippen LogP contribution >= 0.6 is 0 Å². The van der Waals surface area contributed by atoms with E-state index in [2.05, 4.69) is 5.32 Å². The molecule has 1 N–H and O–H groups in total. The molecule has 5 nitrogen and oxygen atoms in total. The zero-order chi connectivity index (χ0) is 18.4. The van der Waals surface area contributed by atoms with E-state index in [0.29, 0.717) is 11.3 Å². The lowest BCUT2D eigenvalue weighted by atomic mass is 10.2. The zero-order valence-electron chi connectivity index (χ0n) is 13.8. The Morgan fingerprint density at radius 1 is 0.769 bits per heavy atom. The minimum absolute atomic E-state index is 0.119. The zero-order valence-corrected chi connectivity index (χ0v) is 14.6. The van der Waals surface area contributed by atoms with E-state index in [1.165, 1.54) is 12.1 Å². The summed E-state index contributed by atoms with van der Waals surface area (Å²) < 4.78 is 31.3. The molecule has 1 unspecified atom stereocenters. The van der Waals surface area contributed by atoms with Crippen LogP contribution in [0.2, 0.25) is 0 Å². The molecular weight excluding hydrogens is 350 g/mol. The van der Waals surface area contributed by atoms with Crippen molar-refractivity contribution in [1.82, 2.24) is 5.32 Å². The third kappa shape index (κ3) is 4.10. The summed E-state index contributed by atoms with van der Waals surface area (Å²) in [7, 11) is -3.85. The fourth-order valence-electron chi connectivity index (χ4n) is 2.45. The van der Waals surface area contributed by atoms with Gasteiger partial charge >= 0.3 is 6.09 Å². The van der Waals surface area contributed by atoms with Gasteiger partial charge < -0.3 is 4.74 Å². The second-order valence-corrected chi connectivity index (χ2v) is 7.53. The van der Waals surface area contributed by atoms with Crippen molar-refractivity contribution in [3.8, 4) is 5.75 Å². The molecule has 0 aliphatic heterocycles. The number of nitrogens with one attached hydrogen (secondary N) is 1. The highest BCUT2D eigenvalue weighted by Gasteiger charge is 2.31. The first-order valence-corrected chi connectivity index (χ1v) is 9.49. The van der Waals surface area contributed by atoms with Crippen molar-refractivity contribution >= 4 is 15.9 Å². The Hall–Kier alpha value is -3.12. The first-order chi connectivity index (χ1) is 12.6. The summed E-state index contributed by atoms with van der Waals surface area (Å²) in [6.45, 7) is 0. The van der Waals surface area contributed by atoms with Crippen LogP contribution in [0.25, 0.3) is 0 Å². The molecule has 1 atom stereocenters. The van der Waals surface area contributed by atoms with Crippen molar-refractivity contribution in [2.24, 2.45) is 0 Å². The summed E-state index contributed by atoms with van der Waals surface area (Å²) in [6, 6.07) is 25.0. The van der Waals surface area contributed by atoms with Crippen molar-refractivity contribution in [3.05, 3.63) is 96.6 Å². The fraction of sp³-hybridized carbons (Fsp3) is 0.0500. The standard InChI is InChI=1S/C20H17NO4S/c22-20(25-17-12-6-2-7-13-17)21-19(16-10-4-1-5-11-16)26(23,24)18-14-8-3-9-15-18/h1-15,19H,(H,21,22). The quantitative estimate of drug-likeness (QED) is 0.741. The van der Waals surface area contributed by atoms with Gasteiger partial charge in [-0.05, 0) is 29.8 Å². The lowest BCUT2D eigenvalue weighted by Gasteiger charge is -2.19. The van der Waals surface area contributed by atoms with Crippen molar-refractivity contribution in [2.45, 2.75) is 10.3 Å². The molecule has 3 aromatic rings. The molecule has 0 aromatic heterocycles. The highest BCUT2D eigenvalue weighted by Crippen LogP contribution is 2.26. The fourth-order valence-corrected chi connectivity index (χ4v) is 4.02. The van der Waals surface area contributed by atoms with Gasteiger partial charge in [-0.1, -0.05) is 66.7 Å². The number of sulfone groups is 1. The van der Waals surface area contributed by atoms with E-state index in [9.17, 15) is 13.2 Å². The van der Waals surface area contributed by atoms with Gasteiger partial charge in [0, 0.05) is 0 Å². The number of carbonyl (C=O) groups is 1. The van der Waals surface area contributed by atoms with E-state index < -0.39 is 21.3 Å². The van der Waals surface area contributed by atoms with Crippen LogP contribution < -0.4 is 10.1 Å². The Kier molecular flexibility index (Phi) is 5.34. The maximum atomic E-state index is 13.1. The lowest BCUT2D eigenvalue weighted by molar-refractivity contribution is 0.199. The maximum Gasteiger partial charge on any atom is 0.413 e. The van der Waals surface area contributed by atoms with Crippen molar-refractivity contribution in [3.63, 3.8) is 0 Å². The third-order valence-corrected chi connectivity index (χ3v) is 5.63. The molecule has 0 saturated carbocycles. The van der Waals surface area contributed by atoms with Gasteiger partial charge in [-0.15, -0.1) is 0 Å². The van der Waals surface area contributed by atoms with Gasteiger partial charge in [0.1, 0.15) is 5.75 Å². The van der Waals surface area contributed by atoms with Crippen LogP contribution in [0, 0.1) is 0 Å². The highest BCUT2D eigenvalue weighted by atomic mass is 32.2. The minimum Gasteiger partial charge on any atom is -0.410 e. The summed E-state index contributed by atoms with van der Waals surface area (Å²) in [5, 5.41) is 1.21. The van der Waals surface area contributed by atoms with Gasteiger partial charge in [-0.2, -0.15) is 0 Å². The summed E-state index contributed by atoms with van der Waals surface area (Å²) in [5.41, 5.74) is 0.446. The largest absolute Gasteiger partial charge is 0.413 e. The first kappa shape index (κ1) is 17.7. The molecule has 0 aliphatic rings. The van der Waals surface area contributed by atoms with Gasteiger partial charge in [0.15, 0.2) is 5.37 Å². The molecule has 0 bridgehead atoms. The van der Waals surface area contributed by atoms with Gasteiger partial charge in [0.2, 0.25) is 9.84 Å². The van der Waals surface area contributed by atoms with E-state index in [0.717, 1.165) is 0 Å². The monoisotopic (exact) mass is 367 g/mol. The van der Waals surface area contributed by atoms with E-state index >= 15 is 0 Å². The number of carbonyl (C=O) groups excluding carboxylic acids is 1. The Labute approximate surface area is 152 Å². The predicted molar refractivity (Wildman–Crippen MR) is 98.4 cm³/mol. The van der Waals surface area contributed by atoms with Gasteiger partial charge in [-0.25, -0.2) is 13.2 Å². The smallest absolute Gasteiger partial charge is 0.410 e. The second kappa shape index (κ2) is 7.84. The molecule has 6 heteroatoms. The average molecular weight is 367 g/mol. The molecule has 3 rings (SSSR count). The van der Waals surface area contributed by atoms with Crippen LogP contribution in [-0.4, -0.2) is 14.5 Å². The van der Waals surface area contributed by atoms with Crippen LogP contribution in [0.3, 0.4) is 0 Å². The predicted octanol–water partition coefficient (Wildman–Crippen LogP) is 3.95. The van der Waals surface area contributed by atoms with E-state index in [1.54, 1.807) is 78.9 Å². The van der Waals surface area contributed by atoms with Crippen LogP contribution in [-0.2, 0) is 9.84 Å². The van der Waals surface area contributed by atoms with Crippen LogP contribution in [0.15, 0.2) is 95.9 Å². The van der Waals surface area contributed by atoms with Gasteiger partial charge in [0.25, 0.3) is 0 Å². The molecule has 0 heterocycles. The normalized spacial score (nSPS) is 12.2. The highest BCUT2D eigenvalue weighted by molar-refractivity contribution is 7.91. The second-order valence-electron chi connectivity index (χ2n) is 5.50. The molecule has 0 spiro atoms. The van der Waals surface area contributed by atoms with Crippen LogP contribution in [0.1, 0.15) is 10.9 Å². The number of ether oxygens (including phenoxy) is 1. The van der Waals surface area contributed by atoms with Gasteiger partial charge in [0.05, 0.1) is 4.90 Å². The van der Waals surface area contributed by atoms with Crippen LogP contribution in [0.4, 0.5) is 4.79 Å². The number of para-hydroxylation sites is 1. The maximum absolute atomic E-state index is 13.1. The minimum atomic E-state index is -3.85. The lowest BCUT2D eigenvalue weighted by Crippen LogP contribution is -2.35. The number of amides is 1. The van der Waals surface area contributed by atoms with Crippen molar-refractivity contribution in [2.75, 3.05) is 0 Å². The molecule has 0 radical (unpaired) electrons. The molecule has 0 fully saturated rings. The Bertz CT molecular complexity index is 958. The number of hydrogen-bond acceptors (Lipinski definition) is 4. The summed E-state index contributed by atoms with van der Waals surface area (Å²) in [6.07, 6.45) is -0.843. The van der Waals surface area contributed by atoms with Gasteiger partial charge in [-0.3, -0.25) is 5.32 Å². The molecule has 132 valence electrons. The van der Waals surface area contributed by atoms with Crippen LogP contribution in [0.5, 0.6) is 5.75 Å². The van der Waals surface area contributed by atoms with E-state index in [-0.39, 0.29) is 4.90 Å². The number of benzene rings is 3. The molecule has 0 aliphatic carbocycles. The molecule has 0 saturated heterocycles. The summed E-state index contributed by atoms with van der Waals surface area (Å²) >= 11 is 0. The molecule has 26 heavy (non-hydrogen) atoms. The molecule has 1 amide bonds. The topological polar surface area (TPSA) is 72.5 Å². The SMILES string of the molecule is O=C(NC(c1ccccc1)S(=O)(=O)c1ccccc1)Oc1ccccc1. The first-order valence-electron chi connectivity index (χ1n) is 7.94. The Morgan fingerprint density at radius 2 is 1.27 bits per heavy atom. The molecular formula is C20H17NO4S. The number of rotatable bonds is 5. The van der Waals surface area contributed by atoms with E-state index in [1.807, 2.05) is 0 Å². The van der Waals surface area contributed by atoms with Crippen molar-refractivity contribution in [1.29, 1.82) is 0 Å². The Balaban J connectivity index is 1.91.